The van der Waals surface area contributed by atoms with Crippen molar-refractivity contribution in [2.45, 2.75) is 6.04 Å². The number of halogens is 3. The zero-order chi connectivity index (χ0) is 8.27. The molecule has 1 unspecified atom stereocenters. The first-order valence-corrected chi connectivity index (χ1v) is 3.45. The summed E-state index contributed by atoms with van der Waals surface area (Å²) in [6, 6.07) is 5.87. The fraction of sp³-hybridized carbons (Fsp3) is 0.250. The molecular formula is C8H11Cl2FN2Pt. The summed E-state index contributed by atoms with van der Waals surface area (Å²) in [4.78, 5) is 0. The Morgan fingerprint density at radius 2 is 1.57 bits per heavy atom. The van der Waals surface area contributed by atoms with Crippen LogP contribution in [0.15, 0.2) is 24.3 Å². The van der Waals surface area contributed by atoms with Gasteiger partial charge in [-0.1, -0.05) is 12.1 Å². The van der Waals surface area contributed by atoms with E-state index in [4.69, 9.17) is 11.5 Å². The summed E-state index contributed by atoms with van der Waals surface area (Å²) in [7, 11) is 0. The minimum atomic E-state index is -0.252. The Balaban J connectivity index is -0.000000403. The van der Waals surface area contributed by atoms with E-state index >= 15 is 0 Å². The van der Waals surface area contributed by atoms with Crippen LogP contribution in [-0.2, 0) is 21.1 Å². The molecule has 1 aromatic carbocycles. The van der Waals surface area contributed by atoms with Crippen LogP contribution >= 0.6 is 0 Å². The number of nitrogens with two attached hydrogens (primary N) is 2. The quantitative estimate of drug-likeness (QED) is 0.503. The third kappa shape index (κ3) is 5.94. The molecule has 0 bridgehead atoms. The average molecular weight is 420 g/mol. The Labute approximate surface area is 110 Å². The molecule has 0 aliphatic rings. The van der Waals surface area contributed by atoms with E-state index in [-0.39, 0.29) is 57.7 Å². The maximum Gasteiger partial charge on any atom is 2.00 e. The molecule has 0 aliphatic carbocycles. The second-order valence-electron chi connectivity index (χ2n) is 2.39. The molecule has 0 saturated carbocycles. The van der Waals surface area contributed by atoms with Gasteiger partial charge in [0.1, 0.15) is 5.82 Å². The van der Waals surface area contributed by atoms with Gasteiger partial charge >= 0.3 is 21.1 Å². The first-order valence-electron chi connectivity index (χ1n) is 3.45. The van der Waals surface area contributed by atoms with Gasteiger partial charge in [-0.25, -0.2) is 4.39 Å². The molecule has 0 heterocycles. The Bertz CT molecular complexity index is 233. The molecule has 0 aliphatic heterocycles. The fourth-order valence-corrected chi connectivity index (χ4v) is 0.846. The largest absolute Gasteiger partial charge is 2.00 e. The van der Waals surface area contributed by atoms with Crippen LogP contribution < -0.4 is 36.3 Å². The summed E-state index contributed by atoms with van der Waals surface area (Å²) in [6.45, 7) is 0.381. The minimum Gasteiger partial charge on any atom is -1.00 e. The average Bonchev–Trinajstić information content (AvgIpc) is 2.05. The molecule has 1 rings (SSSR count). The predicted molar refractivity (Wildman–Crippen MR) is 42.4 cm³/mol. The van der Waals surface area contributed by atoms with Gasteiger partial charge in [-0.05, 0) is 17.7 Å². The van der Waals surface area contributed by atoms with E-state index in [0.29, 0.717) is 6.54 Å². The zero-order valence-electron chi connectivity index (χ0n) is 7.20. The van der Waals surface area contributed by atoms with Crippen molar-refractivity contribution in [3.05, 3.63) is 35.6 Å². The van der Waals surface area contributed by atoms with E-state index in [1.165, 1.54) is 12.1 Å². The second-order valence-corrected chi connectivity index (χ2v) is 2.39. The summed E-state index contributed by atoms with van der Waals surface area (Å²) >= 11 is 0. The van der Waals surface area contributed by atoms with Gasteiger partial charge in [0.25, 0.3) is 0 Å². The number of hydrogen-bond donors (Lipinski definition) is 2. The summed E-state index contributed by atoms with van der Waals surface area (Å²) in [6.07, 6.45) is 0. The summed E-state index contributed by atoms with van der Waals surface area (Å²) in [5, 5.41) is 0. The third-order valence-corrected chi connectivity index (χ3v) is 1.55. The summed E-state index contributed by atoms with van der Waals surface area (Å²) in [5.41, 5.74) is 11.8. The van der Waals surface area contributed by atoms with Gasteiger partial charge in [-0.3, -0.25) is 0 Å². The molecule has 1 aromatic rings. The molecule has 2 nitrogen and oxygen atoms in total. The van der Waals surface area contributed by atoms with Gasteiger partial charge in [-0.2, -0.15) is 0 Å². The summed E-state index contributed by atoms with van der Waals surface area (Å²) in [5.74, 6) is -0.252. The van der Waals surface area contributed by atoms with Crippen molar-refractivity contribution >= 4 is 0 Å². The molecule has 4 N–H and O–H groups in total. The molecule has 0 saturated heterocycles. The SMILES string of the molecule is NCC(N)c1ccc(F)cc1.[Cl-].[Cl-].[Pt+2]. The van der Waals surface area contributed by atoms with Gasteiger partial charge in [0.2, 0.25) is 0 Å². The number of benzene rings is 1. The Morgan fingerprint density at radius 3 is 1.93 bits per heavy atom. The maximum absolute atomic E-state index is 12.4. The smallest absolute Gasteiger partial charge is 1.00 e. The molecule has 14 heavy (non-hydrogen) atoms. The maximum atomic E-state index is 12.4. The van der Waals surface area contributed by atoms with E-state index in [0.717, 1.165) is 5.56 Å². The second kappa shape index (κ2) is 9.88. The molecule has 0 spiro atoms. The van der Waals surface area contributed by atoms with E-state index < -0.39 is 0 Å². The van der Waals surface area contributed by atoms with Crippen molar-refractivity contribution in [3.8, 4) is 0 Å². The fourth-order valence-electron chi connectivity index (χ4n) is 0.846. The van der Waals surface area contributed by atoms with Crippen LogP contribution in [0.25, 0.3) is 0 Å². The number of rotatable bonds is 2. The topological polar surface area (TPSA) is 52.0 Å². The van der Waals surface area contributed by atoms with Crippen molar-refractivity contribution in [3.63, 3.8) is 0 Å². The predicted octanol–water partition coefficient (Wildman–Crippen LogP) is -5.21. The molecule has 0 radical (unpaired) electrons. The molecule has 6 heteroatoms. The third-order valence-electron chi connectivity index (χ3n) is 1.55. The van der Waals surface area contributed by atoms with Gasteiger partial charge in [0.15, 0.2) is 0 Å². The van der Waals surface area contributed by atoms with E-state index in [1.54, 1.807) is 12.1 Å². The van der Waals surface area contributed by atoms with E-state index in [9.17, 15) is 4.39 Å². The van der Waals surface area contributed by atoms with Crippen LogP contribution in [0, 0.1) is 5.82 Å². The Kier molecular flexibility index (Phi) is 14.0. The van der Waals surface area contributed by atoms with Gasteiger partial charge in [-0.15, -0.1) is 0 Å². The van der Waals surface area contributed by atoms with Crippen molar-refractivity contribution in [2.24, 2.45) is 11.5 Å². The zero-order valence-corrected chi connectivity index (χ0v) is 11.0. The van der Waals surface area contributed by atoms with E-state index in [2.05, 4.69) is 0 Å². The first-order chi connectivity index (χ1) is 5.24. The van der Waals surface area contributed by atoms with Crippen molar-refractivity contribution in [2.75, 3.05) is 6.54 Å². The Morgan fingerprint density at radius 1 is 1.14 bits per heavy atom. The van der Waals surface area contributed by atoms with Crippen LogP contribution in [0.4, 0.5) is 4.39 Å². The van der Waals surface area contributed by atoms with Crippen LogP contribution in [-0.4, -0.2) is 6.54 Å². The number of hydrogen-bond acceptors (Lipinski definition) is 2. The van der Waals surface area contributed by atoms with Gasteiger partial charge in [0, 0.05) is 12.6 Å². The minimum absolute atomic E-state index is 0. The van der Waals surface area contributed by atoms with Gasteiger partial charge < -0.3 is 36.3 Å². The molecule has 84 valence electrons. The van der Waals surface area contributed by atoms with Crippen LogP contribution in [0.5, 0.6) is 0 Å². The summed E-state index contributed by atoms with van der Waals surface area (Å²) < 4.78 is 12.4. The molecular weight excluding hydrogens is 409 g/mol. The van der Waals surface area contributed by atoms with Crippen LogP contribution in [0.1, 0.15) is 11.6 Å². The van der Waals surface area contributed by atoms with Crippen molar-refractivity contribution in [1.29, 1.82) is 0 Å². The monoisotopic (exact) mass is 419 g/mol. The standard InChI is InChI=1S/C8H11FN2.2ClH.Pt/c9-7-3-1-6(2-4-7)8(11)5-10;;;/h1-4,8H,5,10-11H2;2*1H;/q;;;+2/p-2. The van der Waals surface area contributed by atoms with Crippen molar-refractivity contribution < 1.29 is 50.3 Å². The molecule has 0 amide bonds. The molecule has 0 fully saturated rings. The van der Waals surface area contributed by atoms with E-state index in [1.807, 2.05) is 0 Å². The van der Waals surface area contributed by atoms with Gasteiger partial charge in [0.05, 0.1) is 0 Å². The normalized spacial score (nSPS) is 10.2. The van der Waals surface area contributed by atoms with Crippen LogP contribution in [0.2, 0.25) is 0 Å². The van der Waals surface area contributed by atoms with Crippen LogP contribution in [0.3, 0.4) is 0 Å². The molecule has 1 atom stereocenters. The van der Waals surface area contributed by atoms with Crippen molar-refractivity contribution in [1.82, 2.24) is 0 Å². The first kappa shape index (κ1) is 19.8. The molecule has 0 aromatic heterocycles. The Hall–Kier alpha value is 0.338.